The van der Waals surface area contributed by atoms with Crippen LogP contribution in [-0.2, 0) is 0 Å². The Bertz CT molecular complexity index is 1170. The average molecular weight is 392 g/mol. The van der Waals surface area contributed by atoms with Gasteiger partial charge < -0.3 is 30.7 Å². The Morgan fingerprint density at radius 2 is 1.66 bits per heavy atom. The molecule has 0 saturated heterocycles. The lowest BCUT2D eigenvalue weighted by Gasteiger charge is -2.24. The second-order valence-electron chi connectivity index (χ2n) is 6.42. The maximum atomic E-state index is 12.0. The molecule has 0 atom stereocenters. The minimum atomic E-state index is -1.19. The number of carbonyl (C=O) groups is 2. The number of benzene rings is 3. The van der Waals surface area contributed by atoms with Crippen molar-refractivity contribution in [2.45, 2.75) is 0 Å². The summed E-state index contributed by atoms with van der Waals surface area (Å²) >= 11 is 0. The smallest absolute Gasteiger partial charge is 0.337 e. The van der Waals surface area contributed by atoms with Crippen LogP contribution in [0.5, 0.6) is 23.0 Å². The third kappa shape index (κ3) is 3.16. The Balaban J connectivity index is 1.78. The van der Waals surface area contributed by atoms with Crippen LogP contribution in [0.25, 0.3) is 11.1 Å². The molecule has 146 valence electrons. The average Bonchev–Trinajstić information content (AvgIpc) is 2.72. The number of hydrogen-bond acceptors (Lipinski definition) is 6. The number of carboxylic acid groups (broad SMARTS) is 1. The van der Waals surface area contributed by atoms with Gasteiger partial charge in [-0.05, 0) is 47.5 Å². The predicted molar refractivity (Wildman–Crippen MR) is 105 cm³/mol. The van der Waals surface area contributed by atoms with Crippen molar-refractivity contribution < 1.29 is 29.6 Å². The van der Waals surface area contributed by atoms with Gasteiger partial charge in [0, 0.05) is 12.6 Å². The van der Waals surface area contributed by atoms with E-state index in [-0.39, 0.29) is 34.1 Å². The van der Waals surface area contributed by atoms with Gasteiger partial charge in [-0.1, -0.05) is 12.1 Å². The molecule has 3 aromatic carbocycles. The lowest BCUT2D eigenvalue weighted by molar-refractivity contribution is 0.0697. The molecule has 0 fully saturated rings. The fraction of sp³-hybridized carbons (Fsp3) is 0.0476. The molecule has 3 aromatic rings. The van der Waals surface area contributed by atoms with E-state index >= 15 is 0 Å². The lowest BCUT2D eigenvalue weighted by Crippen LogP contribution is -2.19. The summed E-state index contributed by atoms with van der Waals surface area (Å²) < 4.78 is 5.90. The number of phenols is 2. The topological polar surface area (TPSA) is 128 Å². The molecule has 1 heterocycles. The van der Waals surface area contributed by atoms with E-state index in [1.165, 1.54) is 31.3 Å². The zero-order valence-electron chi connectivity index (χ0n) is 15.2. The maximum absolute atomic E-state index is 12.0. The van der Waals surface area contributed by atoms with Crippen molar-refractivity contribution in [1.29, 1.82) is 0 Å². The third-order valence-electron chi connectivity index (χ3n) is 4.59. The van der Waals surface area contributed by atoms with E-state index in [0.717, 1.165) is 0 Å². The Kier molecular flexibility index (Phi) is 4.23. The van der Waals surface area contributed by atoms with Gasteiger partial charge in [0.15, 0.2) is 23.0 Å². The summed E-state index contributed by atoms with van der Waals surface area (Å²) in [6.07, 6.45) is 0. The second-order valence-corrected chi connectivity index (χ2v) is 6.42. The monoisotopic (exact) mass is 392 g/mol. The molecule has 8 heteroatoms. The van der Waals surface area contributed by atoms with Crippen molar-refractivity contribution >= 4 is 23.3 Å². The van der Waals surface area contributed by atoms with Crippen LogP contribution in [0.3, 0.4) is 0 Å². The standard InChI is InChI=1S/C21H16N2O6/c1-22-20(26)12-6-13(21(27)28)19-18(9-12)29-17-8-11(2-4-14(17)23-19)10-3-5-15(24)16(25)7-10/h2-9,23-25H,1H3,(H,22,26)(H,27,28). The van der Waals surface area contributed by atoms with Gasteiger partial charge in [0.1, 0.15) is 0 Å². The minimum absolute atomic E-state index is 0.0840. The van der Waals surface area contributed by atoms with Gasteiger partial charge in [0.05, 0.1) is 16.9 Å². The van der Waals surface area contributed by atoms with Crippen LogP contribution >= 0.6 is 0 Å². The van der Waals surface area contributed by atoms with Crippen LogP contribution in [0, 0.1) is 0 Å². The summed E-state index contributed by atoms with van der Waals surface area (Å²) in [5, 5.41) is 34.3. The molecule has 1 amide bonds. The first-order valence-electron chi connectivity index (χ1n) is 8.62. The van der Waals surface area contributed by atoms with Gasteiger partial charge in [-0.2, -0.15) is 0 Å². The van der Waals surface area contributed by atoms with Crippen LogP contribution < -0.4 is 15.4 Å². The Hall–Kier alpha value is -4.20. The van der Waals surface area contributed by atoms with Gasteiger partial charge in [0.2, 0.25) is 0 Å². The van der Waals surface area contributed by atoms with E-state index in [4.69, 9.17) is 4.74 Å². The Morgan fingerprint density at radius 1 is 0.931 bits per heavy atom. The number of nitrogens with one attached hydrogen (secondary N) is 2. The number of ether oxygens (including phenoxy) is 1. The second kappa shape index (κ2) is 6.75. The fourth-order valence-corrected chi connectivity index (χ4v) is 3.11. The van der Waals surface area contributed by atoms with E-state index in [2.05, 4.69) is 10.6 Å². The number of aromatic carboxylic acids is 1. The molecule has 5 N–H and O–H groups in total. The minimum Gasteiger partial charge on any atom is -0.504 e. The van der Waals surface area contributed by atoms with Crippen molar-refractivity contribution in [2.24, 2.45) is 0 Å². The van der Waals surface area contributed by atoms with Crippen LogP contribution in [0.2, 0.25) is 0 Å². The Labute approximate surface area is 165 Å². The summed E-state index contributed by atoms with van der Waals surface area (Å²) in [6.45, 7) is 0. The number of anilines is 2. The van der Waals surface area contributed by atoms with Gasteiger partial charge in [0.25, 0.3) is 5.91 Å². The third-order valence-corrected chi connectivity index (χ3v) is 4.59. The summed E-state index contributed by atoms with van der Waals surface area (Å²) in [6, 6.07) is 12.4. The highest BCUT2D eigenvalue weighted by Crippen LogP contribution is 2.46. The molecule has 1 aliphatic rings. The molecule has 1 aliphatic heterocycles. The molecule has 0 spiro atoms. The first kappa shape index (κ1) is 18.2. The molecule has 0 aliphatic carbocycles. The molecule has 4 rings (SSSR count). The van der Waals surface area contributed by atoms with Gasteiger partial charge in [-0.3, -0.25) is 4.79 Å². The van der Waals surface area contributed by atoms with Crippen LogP contribution in [0.4, 0.5) is 11.4 Å². The summed E-state index contributed by atoms with van der Waals surface area (Å²) in [5.41, 5.74) is 2.26. The molecule has 0 saturated carbocycles. The maximum Gasteiger partial charge on any atom is 0.337 e. The molecule has 0 aromatic heterocycles. The molecule has 8 nitrogen and oxygen atoms in total. The molecule has 0 radical (unpaired) electrons. The number of carbonyl (C=O) groups excluding carboxylic acids is 1. The van der Waals surface area contributed by atoms with Crippen molar-refractivity contribution in [3.8, 4) is 34.1 Å². The quantitative estimate of drug-likeness (QED) is 0.337. The molecule has 0 bridgehead atoms. The van der Waals surface area contributed by atoms with E-state index in [1.807, 2.05) is 0 Å². The van der Waals surface area contributed by atoms with E-state index < -0.39 is 11.9 Å². The predicted octanol–water partition coefficient (Wildman–Crippen LogP) is 3.67. The van der Waals surface area contributed by atoms with Crippen molar-refractivity contribution in [3.05, 3.63) is 59.7 Å². The van der Waals surface area contributed by atoms with Crippen LogP contribution in [0.1, 0.15) is 20.7 Å². The summed E-state index contributed by atoms with van der Waals surface area (Å²) in [5.74, 6) is -1.46. The number of amides is 1. The fourth-order valence-electron chi connectivity index (χ4n) is 3.11. The van der Waals surface area contributed by atoms with Gasteiger partial charge >= 0.3 is 5.97 Å². The summed E-state index contributed by atoms with van der Waals surface area (Å²) in [4.78, 5) is 23.7. The largest absolute Gasteiger partial charge is 0.504 e. The molecular weight excluding hydrogens is 376 g/mol. The highest BCUT2D eigenvalue weighted by molar-refractivity contribution is 6.03. The van der Waals surface area contributed by atoms with E-state index in [1.54, 1.807) is 24.3 Å². The van der Waals surface area contributed by atoms with Crippen LogP contribution in [-0.4, -0.2) is 34.2 Å². The number of phenolic OH excluding ortho intramolecular Hbond substituents is 2. The number of hydrogen-bond donors (Lipinski definition) is 5. The number of fused-ring (bicyclic) bond motifs is 2. The summed E-state index contributed by atoms with van der Waals surface area (Å²) in [7, 11) is 1.45. The van der Waals surface area contributed by atoms with E-state index in [9.17, 15) is 24.9 Å². The number of carboxylic acids is 1. The highest BCUT2D eigenvalue weighted by atomic mass is 16.5. The van der Waals surface area contributed by atoms with Crippen molar-refractivity contribution in [1.82, 2.24) is 5.32 Å². The first-order valence-corrected chi connectivity index (χ1v) is 8.62. The van der Waals surface area contributed by atoms with E-state index in [0.29, 0.717) is 22.6 Å². The number of aromatic hydroxyl groups is 2. The SMILES string of the molecule is CNC(=O)c1cc2c(c(C(=O)O)c1)Nc1ccc(-c3ccc(O)c(O)c3)cc1O2. The van der Waals surface area contributed by atoms with Gasteiger partial charge in [-0.25, -0.2) is 4.79 Å². The number of rotatable bonds is 3. The normalized spacial score (nSPS) is 11.5. The van der Waals surface area contributed by atoms with Crippen molar-refractivity contribution in [3.63, 3.8) is 0 Å². The Morgan fingerprint density at radius 3 is 2.34 bits per heavy atom. The zero-order valence-corrected chi connectivity index (χ0v) is 15.2. The van der Waals surface area contributed by atoms with Gasteiger partial charge in [-0.15, -0.1) is 0 Å². The lowest BCUT2D eigenvalue weighted by atomic mass is 10.0. The molecule has 0 unspecified atom stereocenters. The van der Waals surface area contributed by atoms with Crippen LogP contribution in [0.15, 0.2) is 48.5 Å². The zero-order chi connectivity index (χ0) is 20.7. The van der Waals surface area contributed by atoms with Crippen molar-refractivity contribution in [2.75, 3.05) is 12.4 Å². The highest BCUT2D eigenvalue weighted by Gasteiger charge is 2.25. The molecular formula is C21H16N2O6. The first-order chi connectivity index (χ1) is 13.9. The molecule has 29 heavy (non-hydrogen) atoms.